The number of hydrogen-bond donors (Lipinski definition) is 2. The summed E-state index contributed by atoms with van der Waals surface area (Å²) in [7, 11) is 0. The van der Waals surface area contributed by atoms with E-state index in [0.29, 0.717) is 46.4 Å². The monoisotopic (exact) mass is 506 g/mol. The summed E-state index contributed by atoms with van der Waals surface area (Å²) in [4.78, 5) is 33.1. The molecule has 3 aromatic rings. The number of halogens is 3. The lowest BCUT2D eigenvalue weighted by Gasteiger charge is -2.21. The van der Waals surface area contributed by atoms with Crippen molar-refractivity contribution >= 4 is 35.0 Å². The number of hydrogen-bond acceptors (Lipinski definition) is 6. The highest BCUT2D eigenvalue weighted by molar-refractivity contribution is 6.36. The molecule has 0 unspecified atom stereocenters. The molecular weight excluding hydrogens is 486 g/mol. The smallest absolute Gasteiger partial charge is 0.274 e. The summed E-state index contributed by atoms with van der Waals surface area (Å²) in [6.45, 7) is 3.78. The van der Waals surface area contributed by atoms with Gasteiger partial charge in [-0.05, 0) is 44.9 Å². The third kappa shape index (κ3) is 4.85. The van der Waals surface area contributed by atoms with Crippen molar-refractivity contribution in [1.82, 2.24) is 20.6 Å². The van der Waals surface area contributed by atoms with E-state index >= 15 is 4.39 Å². The SMILES string of the molecule is CCOc1c(Cl)cc(Cl)cc1-c1cnc([C@@H](C)NC(=O)C2(NC(=O)c3cocn3)CC2)c(F)c1. The number of aromatic nitrogens is 2. The molecule has 0 aliphatic heterocycles. The minimum Gasteiger partial charge on any atom is -0.492 e. The molecule has 0 radical (unpaired) electrons. The highest BCUT2D eigenvalue weighted by Crippen LogP contribution is 2.40. The van der Waals surface area contributed by atoms with Gasteiger partial charge in [-0.3, -0.25) is 14.6 Å². The van der Waals surface area contributed by atoms with E-state index in [-0.39, 0.29) is 11.4 Å². The highest BCUT2D eigenvalue weighted by Gasteiger charge is 2.51. The number of carbonyl (C=O) groups is 2. The first-order valence-electron chi connectivity index (χ1n) is 10.5. The molecule has 1 fully saturated rings. The van der Waals surface area contributed by atoms with Crippen molar-refractivity contribution in [3.8, 4) is 16.9 Å². The second kappa shape index (κ2) is 9.60. The topological polar surface area (TPSA) is 106 Å². The Hall–Kier alpha value is -3.17. The van der Waals surface area contributed by atoms with Crippen LogP contribution in [0.5, 0.6) is 5.75 Å². The van der Waals surface area contributed by atoms with Gasteiger partial charge in [-0.2, -0.15) is 0 Å². The molecule has 11 heteroatoms. The molecule has 0 bridgehead atoms. The number of pyridine rings is 1. The molecule has 2 heterocycles. The molecule has 2 amide bonds. The van der Waals surface area contributed by atoms with Crippen LogP contribution in [0.15, 0.2) is 41.5 Å². The Kier molecular flexibility index (Phi) is 6.77. The Labute approximate surface area is 204 Å². The molecule has 2 aromatic heterocycles. The number of nitrogens with zero attached hydrogens (tertiary/aromatic N) is 2. The van der Waals surface area contributed by atoms with E-state index in [0.717, 1.165) is 6.39 Å². The molecule has 1 saturated carbocycles. The van der Waals surface area contributed by atoms with E-state index in [1.165, 1.54) is 18.5 Å². The molecule has 1 aliphatic rings. The lowest BCUT2D eigenvalue weighted by molar-refractivity contribution is -0.124. The molecular formula is C23H21Cl2FN4O4. The number of amides is 2. The van der Waals surface area contributed by atoms with Crippen LogP contribution in [-0.4, -0.2) is 33.9 Å². The largest absolute Gasteiger partial charge is 0.492 e. The van der Waals surface area contributed by atoms with Crippen LogP contribution in [0.3, 0.4) is 0 Å². The standard InChI is InChI=1S/C23H21Cl2FN4O4/c1-3-34-20-15(7-14(24)8-16(20)25)13-6-17(26)19(27-9-13)12(2)29-22(32)23(4-5-23)30-21(31)18-10-33-11-28-18/h6-12H,3-5H2,1-2H3,(H,29,32)(H,30,31)/t12-/m1/s1. The van der Waals surface area contributed by atoms with Gasteiger partial charge in [0.1, 0.15) is 23.4 Å². The predicted octanol–water partition coefficient (Wildman–Crippen LogP) is 4.72. The Morgan fingerprint density at radius 3 is 2.65 bits per heavy atom. The van der Waals surface area contributed by atoms with Gasteiger partial charge in [-0.1, -0.05) is 23.2 Å². The maximum atomic E-state index is 15.1. The number of ether oxygens (including phenoxy) is 1. The van der Waals surface area contributed by atoms with Crippen LogP contribution in [0.4, 0.5) is 4.39 Å². The zero-order chi connectivity index (χ0) is 24.5. The lowest BCUT2D eigenvalue weighted by Crippen LogP contribution is -2.49. The first-order chi connectivity index (χ1) is 16.2. The summed E-state index contributed by atoms with van der Waals surface area (Å²) in [5.41, 5.74) is -0.0256. The van der Waals surface area contributed by atoms with Crippen LogP contribution in [0, 0.1) is 5.82 Å². The predicted molar refractivity (Wildman–Crippen MR) is 123 cm³/mol. The Bertz CT molecular complexity index is 1230. The summed E-state index contributed by atoms with van der Waals surface area (Å²) in [6.07, 6.45) is 4.70. The van der Waals surface area contributed by atoms with Crippen LogP contribution in [-0.2, 0) is 4.79 Å². The Morgan fingerprint density at radius 1 is 1.26 bits per heavy atom. The van der Waals surface area contributed by atoms with E-state index in [2.05, 4.69) is 20.6 Å². The quantitative estimate of drug-likeness (QED) is 0.457. The van der Waals surface area contributed by atoms with Gasteiger partial charge in [0.2, 0.25) is 5.91 Å². The minimum atomic E-state index is -1.06. The first kappa shape index (κ1) is 24.0. The molecule has 8 nitrogen and oxygen atoms in total. The van der Waals surface area contributed by atoms with Crippen LogP contribution < -0.4 is 15.4 Å². The molecule has 0 saturated heterocycles. The summed E-state index contributed by atoms with van der Waals surface area (Å²) in [5.74, 6) is -1.20. The summed E-state index contributed by atoms with van der Waals surface area (Å²) >= 11 is 12.4. The minimum absolute atomic E-state index is 0.0433. The van der Waals surface area contributed by atoms with Gasteiger partial charge < -0.3 is 19.8 Å². The van der Waals surface area contributed by atoms with Crippen molar-refractivity contribution in [3.63, 3.8) is 0 Å². The van der Waals surface area contributed by atoms with Crippen molar-refractivity contribution in [2.75, 3.05) is 6.61 Å². The molecule has 34 heavy (non-hydrogen) atoms. The fourth-order valence-corrected chi connectivity index (χ4v) is 4.07. The van der Waals surface area contributed by atoms with Crippen LogP contribution in [0.2, 0.25) is 10.0 Å². The second-order valence-corrected chi connectivity index (χ2v) is 8.74. The van der Waals surface area contributed by atoms with Crippen molar-refractivity contribution in [2.24, 2.45) is 0 Å². The summed E-state index contributed by atoms with van der Waals surface area (Å²) < 4.78 is 25.5. The van der Waals surface area contributed by atoms with E-state index in [4.69, 9.17) is 32.4 Å². The molecule has 4 rings (SSSR count). The summed E-state index contributed by atoms with van der Waals surface area (Å²) in [6, 6.07) is 3.70. The number of carbonyl (C=O) groups excluding carboxylic acids is 2. The normalized spacial score (nSPS) is 14.9. The summed E-state index contributed by atoms with van der Waals surface area (Å²) in [5, 5.41) is 6.08. The molecule has 1 aromatic carbocycles. The van der Waals surface area contributed by atoms with Gasteiger partial charge >= 0.3 is 0 Å². The van der Waals surface area contributed by atoms with Gasteiger partial charge in [0.25, 0.3) is 5.91 Å². The average Bonchev–Trinajstić information content (AvgIpc) is 3.36. The van der Waals surface area contributed by atoms with E-state index < -0.39 is 29.2 Å². The third-order valence-electron chi connectivity index (χ3n) is 5.44. The third-order valence-corrected chi connectivity index (χ3v) is 5.94. The number of rotatable bonds is 8. The fourth-order valence-electron chi connectivity index (χ4n) is 3.52. The van der Waals surface area contributed by atoms with E-state index in [1.807, 2.05) is 6.92 Å². The molecule has 1 atom stereocenters. The maximum Gasteiger partial charge on any atom is 0.274 e. The van der Waals surface area contributed by atoms with Gasteiger partial charge in [-0.25, -0.2) is 9.37 Å². The molecule has 1 aliphatic carbocycles. The number of nitrogens with one attached hydrogen (secondary N) is 2. The Balaban J connectivity index is 1.50. The van der Waals surface area contributed by atoms with E-state index in [9.17, 15) is 9.59 Å². The van der Waals surface area contributed by atoms with E-state index in [1.54, 1.807) is 19.1 Å². The van der Waals surface area contributed by atoms with Crippen molar-refractivity contribution in [1.29, 1.82) is 0 Å². The van der Waals surface area contributed by atoms with Crippen molar-refractivity contribution < 1.29 is 23.1 Å². The lowest BCUT2D eigenvalue weighted by atomic mass is 10.0. The first-order valence-corrected chi connectivity index (χ1v) is 11.3. The second-order valence-electron chi connectivity index (χ2n) is 7.89. The Morgan fingerprint density at radius 2 is 2.03 bits per heavy atom. The zero-order valence-corrected chi connectivity index (χ0v) is 19.8. The van der Waals surface area contributed by atoms with Gasteiger partial charge in [0.15, 0.2) is 12.1 Å². The van der Waals surface area contributed by atoms with Gasteiger partial charge in [0, 0.05) is 22.3 Å². The van der Waals surface area contributed by atoms with Crippen molar-refractivity contribution in [3.05, 3.63) is 64.3 Å². The van der Waals surface area contributed by atoms with Gasteiger partial charge in [-0.15, -0.1) is 0 Å². The van der Waals surface area contributed by atoms with Crippen LogP contribution >= 0.6 is 23.2 Å². The van der Waals surface area contributed by atoms with Gasteiger partial charge in [0.05, 0.1) is 23.4 Å². The number of benzene rings is 1. The molecule has 2 N–H and O–H groups in total. The average molecular weight is 507 g/mol. The van der Waals surface area contributed by atoms with Crippen LogP contribution in [0.1, 0.15) is 48.9 Å². The maximum absolute atomic E-state index is 15.1. The fraction of sp³-hybridized carbons (Fsp3) is 0.304. The highest BCUT2D eigenvalue weighted by atomic mass is 35.5. The molecule has 178 valence electrons. The molecule has 0 spiro atoms. The van der Waals surface area contributed by atoms with Crippen LogP contribution in [0.25, 0.3) is 11.1 Å². The number of oxazole rings is 1. The van der Waals surface area contributed by atoms with Crippen molar-refractivity contribution in [2.45, 2.75) is 38.3 Å². The zero-order valence-electron chi connectivity index (χ0n) is 18.3.